The molecule has 0 aromatic rings. The number of nitrogens with two attached hydrogens (primary N) is 1. The second kappa shape index (κ2) is 7.35. The molecule has 2 fully saturated rings. The van der Waals surface area contributed by atoms with Crippen molar-refractivity contribution in [2.45, 2.75) is 19.4 Å². The van der Waals surface area contributed by atoms with Crippen molar-refractivity contribution in [1.82, 2.24) is 15.1 Å². The number of aliphatic hydroxyl groups excluding tert-OH is 1. The molecule has 3 rings (SSSR count). The molecule has 7 heteroatoms. The molecule has 2 aliphatic heterocycles. The molecule has 0 aromatic heterocycles. The number of aliphatic hydroxyl groups is 1. The average Bonchev–Trinajstić information content (AvgIpc) is 3.10. The lowest BCUT2D eigenvalue weighted by molar-refractivity contribution is -0.130. The topological polar surface area (TPSA) is 91.1 Å². The van der Waals surface area contributed by atoms with Crippen molar-refractivity contribution in [3.8, 4) is 0 Å². The van der Waals surface area contributed by atoms with E-state index in [1.165, 1.54) is 0 Å². The summed E-state index contributed by atoms with van der Waals surface area (Å²) >= 11 is 0. The normalized spacial score (nSPS) is 31.6. The zero-order valence-electron chi connectivity index (χ0n) is 15.2. The van der Waals surface area contributed by atoms with E-state index in [2.05, 4.69) is 22.2 Å². The van der Waals surface area contributed by atoms with Crippen molar-refractivity contribution in [1.29, 1.82) is 0 Å². The molecular formula is C18H30N4O3. The molecule has 3 aliphatic rings. The number of ether oxygens (including phenoxy) is 1. The average molecular weight is 350 g/mol. The first-order chi connectivity index (χ1) is 11.9. The van der Waals surface area contributed by atoms with Crippen LogP contribution in [0, 0.1) is 11.3 Å². The summed E-state index contributed by atoms with van der Waals surface area (Å²) in [5.74, 6) is 0.632. The summed E-state index contributed by atoms with van der Waals surface area (Å²) < 4.78 is 5.61. The lowest BCUT2D eigenvalue weighted by atomic mass is 9.71. The molecule has 140 valence electrons. The van der Waals surface area contributed by atoms with Crippen LogP contribution in [-0.4, -0.2) is 79.8 Å². The number of carbonyl (C=O) groups excluding carboxylic acids is 1. The lowest BCUT2D eigenvalue weighted by Crippen LogP contribution is -2.50. The highest BCUT2D eigenvalue weighted by Crippen LogP contribution is 2.45. The monoisotopic (exact) mass is 350 g/mol. The van der Waals surface area contributed by atoms with Gasteiger partial charge in [0, 0.05) is 45.2 Å². The van der Waals surface area contributed by atoms with Gasteiger partial charge < -0.3 is 25.8 Å². The Bertz CT molecular complexity index is 569. The van der Waals surface area contributed by atoms with Gasteiger partial charge in [0.2, 0.25) is 5.91 Å². The smallest absolute Gasteiger partial charge is 0.230 e. The van der Waals surface area contributed by atoms with Crippen LogP contribution in [0.15, 0.2) is 23.6 Å². The highest BCUT2D eigenvalue weighted by atomic mass is 16.5. The van der Waals surface area contributed by atoms with Crippen molar-refractivity contribution in [3.63, 3.8) is 0 Å². The van der Waals surface area contributed by atoms with E-state index in [1.807, 2.05) is 13.0 Å². The summed E-state index contributed by atoms with van der Waals surface area (Å²) in [5, 5.41) is 13.2. The lowest BCUT2D eigenvalue weighted by Gasteiger charge is -2.35. The van der Waals surface area contributed by atoms with Crippen LogP contribution in [0.5, 0.6) is 0 Å². The Morgan fingerprint density at radius 2 is 2.20 bits per heavy atom. The quantitative estimate of drug-likeness (QED) is 0.619. The number of amides is 1. The number of hydrogen-bond donors (Lipinski definition) is 3. The Morgan fingerprint density at radius 1 is 1.48 bits per heavy atom. The molecular weight excluding hydrogens is 320 g/mol. The molecule has 0 radical (unpaired) electrons. The highest BCUT2D eigenvalue weighted by molar-refractivity contribution is 5.85. The molecule has 25 heavy (non-hydrogen) atoms. The minimum Gasteiger partial charge on any atom is -0.495 e. The molecule has 3 atom stereocenters. The van der Waals surface area contributed by atoms with Gasteiger partial charge in [0.1, 0.15) is 5.76 Å². The minimum atomic E-state index is -0.678. The number of likely N-dealkylation sites (N-methyl/N-ethyl adjacent to an activating group) is 1. The number of β-amino-alcohol motifs (C(OH)–C–C–N with tert-alkyl or cyclic N) is 1. The summed E-state index contributed by atoms with van der Waals surface area (Å²) in [6, 6.07) is 0. The van der Waals surface area contributed by atoms with Gasteiger partial charge in [-0.05, 0) is 26.5 Å². The fourth-order valence-electron chi connectivity index (χ4n) is 3.86. The van der Waals surface area contributed by atoms with Crippen LogP contribution >= 0.6 is 0 Å². The highest BCUT2D eigenvalue weighted by Gasteiger charge is 2.46. The third kappa shape index (κ3) is 3.83. The van der Waals surface area contributed by atoms with Crippen LogP contribution < -0.4 is 11.1 Å². The molecule has 7 nitrogen and oxygen atoms in total. The van der Waals surface area contributed by atoms with E-state index in [0.717, 1.165) is 38.4 Å². The van der Waals surface area contributed by atoms with E-state index in [0.29, 0.717) is 18.8 Å². The number of piperazine rings is 1. The standard InChI is InChI=1S/C18H30N4O3/c1-18(5-3-15(19)16-14(18)4-10-25-16)17(24)20-11-13(23)12-22-8-6-21(2)7-9-22/h3,5,13-14,23H,4,6-12,19H2,1-2H3,(H,20,24)/t13-,14?,18?/m1/s1. The van der Waals surface area contributed by atoms with Gasteiger partial charge in [0.15, 0.2) is 0 Å². The van der Waals surface area contributed by atoms with E-state index < -0.39 is 11.5 Å². The fraction of sp³-hybridized carbons (Fsp3) is 0.722. The van der Waals surface area contributed by atoms with Crippen LogP contribution in [0.4, 0.5) is 0 Å². The summed E-state index contributed by atoms with van der Waals surface area (Å²) in [7, 11) is 2.11. The fourth-order valence-corrected chi connectivity index (χ4v) is 3.86. The first-order valence-corrected chi connectivity index (χ1v) is 9.09. The Kier molecular flexibility index (Phi) is 5.36. The number of fused-ring (bicyclic) bond motifs is 1. The largest absolute Gasteiger partial charge is 0.495 e. The molecule has 4 N–H and O–H groups in total. The van der Waals surface area contributed by atoms with Gasteiger partial charge >= 0.3 is 0 Å². The van der Waals surface area contributed by atoms with Crippen molar-refractivity contribution in [3.05, 3.63) is 23.6 Å². The van der Waals surface area contributed by atoms with Gasteiger partial charge in [0.05, 0.1) is 23.8 Å². The van der Waals surface area contributed by atoms with Crippen molar-refractivity contribution in [2.24, 2.45) is 17.1 Å². The molecule has 0 aromatic carbocycles. The van der Waals surface area contributed by atoms with E-state index in [1.54, 1.807) is 6.08 Å². The maximum atomic E-state index is 12.8. The van der Waals surface area contributed by atoms with Gasteiger partial charge in [-0.25, -0.2) is 0 Å². The Labute approximate surface area is 149 Å². The van der Waals surface area contributed by atoms with Crippen LogP contribution in [0.25, 0.3) is 0 Å². The summed E-state index contributed by atoms with van der Waals surface area (Å²) in [4.78, 5) is 17.3. The third-order valence-electron chi connectivity index (χ3n) is 5.65. The number of nitrogens with zero attached hydrogens (tertiary/aromatic N) is 2. The van der Waals surface area contributed by atoms with E-state index in [4.69, 9.17) is 10.5 Å². The number of rotatable bonds is 5. The first kappa shape index (κ1) is 18.2. The predicted molar refractivity (Wildman–Crippen MR) is 95.5 cm³/mol. The molecule has 2 saturated heterocycles. The molecule has 0 bridgehead atoms. The number of carbonyl (C=O) groups is 1. The Hall–Kier alpha value is -1.57. The summed E-state index contributed by atoms with van der Waals surface area (Å²) in [5.41, 5.74) is 5.90. The van der Waals surface area contributed by atoms with E-state index >= 15 is 0 Å². The number of allylic oxidation sites excluding steroid dienone is 2. The molecule has 1 aliphatic carbocycles. The van der Waals surface area contributed by atoms with Gasteiger partial charge in [-0.1, -0.05) is 6.08 Å². The van der Waals surface area contributed by atoms with Crippen LogP contribution in [-0.2, 0) is 9.53 Å². The Morgan fingerprint density at radius 3 is 2.92 bits per heavy atom. The zero-order chi connectivity index (χ0) is 18.0. The van der Waals surface area contributed by atoms with Gasteiger partial charge in [-0.3, -0.25) is 9.69 Å². The van der Waals surface area contributed by atoms with Crippen molar-refractivity contribution in [2.75, 3.05) is 52.9 Å². The minimum absolute atomic E-state index is 0.0210. The zero-order valence-corrected chi connectivity index (χ0v) is 15.2. The maximum absolute atomic E-state index is 12.8. The second-order valence-electron chi connectivity index (χ2n) is 7.59. The number of nitrogens with one attached hydrogen (secondary N) is 1. The maximum Gasteiger partial charge on any atom is 0.230 e. The predicted octanol–water partition coefficient (Wildman–Crippen LogP) is -0.506. The van der Waals surface area contributed by atoms with Crippen molar-refractivity contribution < 1.29 is 14.6 Å². The first-order valence-electron chi connectivity index (χ1n) is 9.09. The number of hydrogen-bond acceptors (Lipinski definition) is 6. The van der Waals surface area contributed by atoms with Gasteiger partial charge in [0.25, 0.3) is 0 Å². The van der Waals surface area contributed by atoms with Crippen LogP contribution in [0.1, 0.15) is 13.3 Å². The molecule has 1 amide bonds. The summed E-state index contributed by atoms with van der Waals surface area (Å²) in [6.45, 7) is 7.29. The van der Waals surface area contributed by atoms with Crippen LogP contribution in [0.3, 0.4) is 0 Å². The van der Waals surface area contributed by atoms with Crippen molar-refractivity contribution >= 4 is 5.91 Å². The SMILES string of the molecule is CN1CCN(C[C@H](O)CNC(=O)C2(C)C=CC(N)=C3OCCC32)CC1. The Balaban J connectivity index is 1.51. The van der Waals surface area contributed by atoms with Crippen LogP contribution in [0.2, 0.25) is 0 Å². The van der Waals surface area contributed by atoms with E-state index in [-0.39, 0.29) is 18.4 Å². The second-order valence-corrected chi connectivity index (χ2v) is 7.59. The van der Waals surface area contributed by atoms with E-state index in [9.17, 15) is 9.90 Å². The summed E-state index contributed by atoms with van der Waals surface area (Å²) in [6.07, 6.45) is 3.85. The molecule has 0 spiro atoms. The third-order valence-corrected chi connectivity index (χ3v) is 5.65. The molecule has 2 heterocycles. The molecule has 0 saturated carbocycles. The van der Waals surface area contributed by atoms with Gasteiger partial charge in [-0.15, -0.1) is 0 Å². The van der Waals surface area contributed by atoms with Gasteiger partial charge in [-0.2, -0.15) is 0 Å². The molecule has 2 unspecified atom stereocenters.